The van der Waals surface area contributed by atoms with Gasteiger partial charge in [-0.15, -0.1) is 11.8 Å². The predicted molar refractivity (Wildman–Crippen MR) is 108 cm³/mol. The first-order valence-corrected chi connectivity index (χ1v) is 10.1. The largest absolute Gasteiger partial charge is 0.368 e. The molecule has 0 fully saturated rings. The average molecular weight is 486 g/mol. The number of hydrogen-bond donors (Lipinski definition) is 1. The van der Waals surface area contributed by atoms with Gasteiger partial charge in [-0.25, -0.2) is 0 Å². The minimum atomic E-state index is -0.518. The van der Waals surface area contributed by atoms with Crippen LogP contribution < -0.4 is 5.73 Å². The predicted octanol–water partition coefficient (Wildman–Crippen LogP) is 4.13. The summed E-state index contributed by atoms with van der Waals surface area (Å²) in [5, 5.41) is 0. The molecule has 132 valence electrons. The van der Waals surface area contributed by atoms with Gasteiger partial charge in [0.2, 0.25) is 11.8 Å². The molecule has 2 aromatic carbocycles. The van der Waals surface area contributed by atoms with Crippen LogP contribution in [0.1, 0.15) is 11.1 Å². The number of carbonyl (C=O) groups excluding carboxylic acids is 2. The number of benzene rings is 2. The number of hydrogen-bond acceptors (Lipinski definition) is 3. The van der Waals surface area contributed by atoms with Gasteiger partial charge in [-0.3, -0.25) is 9.59 Å². The highest BCUT2D eigenvalue weighted by Gasteiger charge is 2.17. The van der Waals surface area contributed by atoms with Crippen molar-refractivity contribution >= 4 is 55.4 Å². The normalized spacial score (nSPS) is 10.5. The van der Waals surface area contributed by atoms with E-state index in [0.29, 0.717) is 6.54 Å². The number of nitrogens with two attached hydrogens (primary N) is 1. The second-order valence-corrected chi connectivity index (χ2v) is 8.39. The summed E-state index contributed by atoms with van der Waals surface area (Å²) >= 11 is 8.27. The van der Waals surface area contributed by atoms with Gasteiger partial charge in [0, 0.05) is 20.4 Å². The third kappa shape index (κ3) is 6.49. The summed E-state index contributed by atoms with van der Waals surface area (Å²) in [7, 11) is 0. The maximum Gasteiger partial charge on any atom is 0.237 e. The lowest BCUT2D eigenvalue weighted by atomic mass is 10.2. The fourth-order valence-electron chi connectivity index (χ4n) is 2.24. The zero-order chi connectivity index (χ0) is 18.4. The number of halogens is 2. The van der Waals surface area contributed by atoms with E-state index in [4.69, 9.17) is 5.73 Å². The molecule has 0 spiro atoms. The van der Waals surface area contributed by atoms with Crippen molar-refractivity contribution in [2.75, 3.05) is 12.3 Å². The first kappa shape index (κ1) is 20.0. The van der Waals surface area contributed by atoms with Crippen molar-refractivity contribution in [2.24, 2.45) is 5.73 Å². The van der Waals surface area contributed by atoms with Gasteiger partial charge in [0.25, 0.3) is 0 Å². The highest BCUT2D eigenvalue weighted by Crippen LogP contribution is 2.25. The lowest BCUT2D eigenvalue weighted by molar-refractivity contribution is -0.133. The van der Waals surface area contributed by atoms with Gasteiger partial charge >= 0.3 is 0 Å². The molecule has 7 heteroatoms. The smallest absolute Gasteiger partial charge is 0.237 e. The third-order valence-electron chi connectivity index (χ3n) is 3.47. The molecule has 0 atom stereocenters. The van der Waals surface area contributed by atoms with Crippen molar-refractivity contribution in [3.05, 3.63) is 62.5 Å². The average Bonchev–Trinajstić information content (AvgIpc) is 2.55. The van der Waals surface area contributed by atoms with Crippen molar-refractivity contribution in [3.63, 3.8) is 0 Å². The molecule has 0 aromatic heterocycles. The number of thioether (sulfide) groups is 1. The van der Waals surface area contributed by atoms with E-state index in [-0.39, 0.29) is 18.2 Å². The monoisotopic (exact) mass is 484 g/mol. The van der Waals surface area contributed by atoms with Crippen molar-refractivity contribution in [1.29, 1.82) is 0 Å². The maximum absolute atomic E-state index is 12.6. The van der Waals surface area contributed by atoms with Gasteiger partial charge in [-0.2, -0.15) is 0 Å². The van der Waals surface area contributed by atoms with E-state index in [2.05, 4.69) is 31.9 Å². The SMILES string of the molecule is Cc1cc(Br)ccc1SCC(=O)N(CC(N)=O)Cc1ccc(Br)cc1. The molecule has 2 N–H and O–H groups in total. The van der Waals surface area contributed by atoms with E-state index in [1.54, 1.807) is 0 Å². The van der Waals surface area contributed by atoms with Crippen molar-refractivity contribution in [3.8, 4) is 0 Å². The second-order valence-electron chi connectivity index (χ2n) is 5.54. The number of nitrogens with zero attached hydrogens (tertiary/aromatic N) is 1. The Labute approximate surface area is 168 Å². The molecule has 0 radical (unpaired) electrons. The summed E-state index contributed by atoms with van der Waals surface area (Å²) in [6.45, 7) is 2.27. The van der Waals surface area contributed by atoms with Crippen LogP contribution in [0.15, 0.2) is 56.3 Å². The summed E-state index contributed by atoms with van der Waals surface area (Å²) in [5.74, 6) is -0.379. The first-order chi connectivity index (χ1) is 11.8. The lowest BCUT2D eigenvalue weighted by Gasteiger charge is -2.21. The van der Waals surface area contributed by atoms with E-state index in [0.717, 1.165) is 25.0 Å². The van der Waals surface area contributed by atoms with E-state index >= 15 is 0 Å². The van der Waals surface area contributed by atoms with Gasteiger partial charge in [-0.05, 0) is 48.4 Å². The number of carbonyl (C=O) groups is 2. The number of amides is 2. The van der Waals surface area contributed by atoms with Crippen molar-refractivity contribution in [1.82, 2.24) is 4.90 Å². The molecule has 0 saturated carbocycles. The van der Waals surface area contributed by atoms with Gasteiger partial charge in [0.15, 0.2) is 0 Å². The Bertz CT molecular complexity index is 766. The van der Waals surface area contributed by atoms with E-state index < -0.39 is 5.91 Å². The molecular formula is C18H18Br2N2O2S. The van der Waals surface area contributed by atoms with Crippen molar-refractivity contribution in [2.45, 2.75) is 18.4 Å². The molecule has 4 nitrogen and oxygen atoms in total. The molecule has 0 heterocycles. The van der Waals surface area contributed by atoms with Gasteiger partial charge in [0.1, 0.15) is 0 Å². The Morgan fingerprint density at radius 3 is 2.32 bits per heavy atom. The molecule has 2 aromatic rings. The lowest BCUT2D eigenvalue weighted by Crippen LogP contribution is -2.38. The minimum Gasteiger partial charge on any atom is -0.368 e. The summed E-state index contributed by atoms with van der Waals surface area (Å²) in [6, 6.07) is 13.6. The Kier molecular flexibility index (Phi) is 7.53. The zero-order valence-electron chi connectivity index (χ0n) is 13.7. The number of rotatable bonds is 7. The van der Waals surface area contributed by atoms with Crippen LogP contribution in [0.5, 0.6) is 0 Å². The Balaban J connectivity index is 2.04. The molecule has 0 aliphatic heterocycles. The van der Waals surface area contributed by atoms with Crippen LogP contribution in [-0.2, 0) is 16.1 Å². The topological polar surface area (TPSA) is 63.4 Å². The van der Waals surface area contributed by atoms with Gasteiger partial charge in [-0.1, -0.05) is 44.0 Å². The molecule has 2 amide bonds. The molecule has 0 unspecified atom stereocenters. The summed E-state index contributed by atoms with van der Waals surface area (Å²) in [4.78, 5) is 26.4. The van der Waals surface area contributed by atoms with Crippen LogP contribution in [0.3, 0.4) is 0 Å². The fraction of sp³-hybridized carbons (Fsp3) is 0.222. The van der Waals surface area contributed by atoms with Gasteiger partial charge in [0.05, 0.1) is 12.3 Å². The molecular weight excluding hydrogens is 468 g/mol. The third-order valence-corrected chi connectivity index (χ3v) is 5.66. The number of primary amides is 1. The van der Waals surface area contributed by atoms with E-state index in [1.807, 2.05) is 49.4 Å². The number of aryl methyl sites for hydroxylation is 1. The van der Waals surface area contributed by atoms with Crippen LogP contribution in [0.2, 0.25) is 0 Å². The molecule has 0 bridgehead atoms. The van der Waals surface area contributed by atoms with Crippen LogP contribution in [-0.4, -0.2) is 29.0 Å². The Morgan fingerprint density at radius 1 is 1.08 bits per heavy atom. The molecule has 0 aliphatic carbocycles. The quantitative estimate of drug-likeness (QED) is 0.599. The summed E-state index contributed by atoms with van der Waals surface area (Å²) in [5.41, 5.74) is 7.35. The highest BCUT2D eigenvalue weighted by molar-refractivity contribution is 9.10. The maximum atomic E-state index is 12.6. The molecule has 0 saturated heterocycles. The molecule has 25 heavy (non-hydrogen) atoms. The standard InChI is InChI=1S/C18H18Br2N2O2S/c1-12-8-15(20)6-7-16(12)25-11-18(24)22(10-17(21)23)9-13-2-4-14(19)5-3-13/h2-8H,9-11H2,1H3,(H2,21,23). The second kappa shape index (κ2) is 9.40. The van der Waals surface area contributed by atoms with Crippen molar-refractivity contribution < 1.29 is 9.59 Å². The van der Waals surface area contributed by atoms with E-state index in [1.165, 1.54) is 16.7 Å². The molecule has 2 rings (SSSR count). The van der Waals surface area contributed by atoms with Crippen LogP contribution in [0.25, 0.3) is 0 Å². The van der Waals surface area contributed by atoms with E-state index in [9.17, 15) is 9.59 Å². The fourth-order valence-corrected chi connectivity index (χ4v) is 3.89. The molecule has 0 aliphatic rings. The zero-order valence-corrected chi connectivity index (χ0v) is 17.7. The summed E-state index contributed by atoms with van der Waals surface area (Å²) < 4.78 is 1.97. The van der Waals surface area contributed by atoms with Crippen LogP contribution in [0.4, 0.5) is 0 Å². The minimum absolute atomic E-state index is 0.0885. The van der Waals surface area contributed by atoms with Crippen LogP contribution >= 0.6 is 43.6 Å². The Hall–Kier alpha value is -1.31. The Morgan fingerprint density at radius 2 is 1.72 bits per heavy atom. The summed E-state index contributed by atoms with van der Waals surface area (Å²) in [6.07, 6.45) is 0. The van der Waals surface area contributed by atoms with Gasteiger partial charge < -0.3 is 10.6 Å². The van der Waals surface area contributed by atoms with Crippen LogP contribution in [0, 0.1) is 6.92 Å². The highest BCUT2D eigenvalue weighted by atomic mass is 79.9. The first-order valence-electron chi connectivity index (χ1n) is 7.54.